The van der Waals surface area contributed by atoms with Crippen LogP contribution in [0.2, 0.25) is 0 Å². The molecule has 0 spiro atoms. The zero-order valence-electron chi connectivity index (χ0n) is 11.5. The lowest BCUT2D eigenvalue weighted by Gasteiger charge is -2.47. The number of likely N-dealkylation sites (tertiary alicyclic amines) is 1. The Balaban J connectivity index is 1.94. The summed E-state index contributed by atoms with van der Waals surface area (Å²) >= 11 is 0. The van der Waals surface area contributed by atoms with Gasteiger partial charge >= 0.3 is 0 Å². The highest BCUT2D eigenvalue weighted by Crippen LogP contribution is 2.26. The van der Waals surface area contributed by atoms with Gasteiger partial charge in [0.15, 0.2) is 6.10 Å². The van der Waals surface area contributed by atoms with Gasteiger partial charge in [0.2, 0.25) is 0 Å². The van der Waals surface area contributed by atoms with Crippen LogP contribution in [0.5, 0.6) is 5.75 Å². The van der Waals surface area contributed by atoms with Crippen LogP contribution in [0.1, 0.15) is 26.7 Å². The highest BCUT2D eigenvalue weighted by Gasteiger charge is 2.43. The van der Waals surface area contributed by atoms with E-state index in [0.717, 1.165) is 0 Å². The molecule has 1 heterocycles. The Morgan fingerprint density at radius 2 is 2.00 bits per heavy atom. The molecule has 1 aromatic carbocycles. The molecule has 1 atom stereocenters. The Kier molecular flexibility index (Phi) is 4.10. The molecule has 19 heavy (non-hydrogen) atoms. The summed E-state index contributed by atoms with van der Waals surface area (Å²) in [6.45, 7) is 4.69. The quantitative estimate of drug-likeness (QED) is 0.881. The fraction of sp³-hybridized carbons (Fsp3) is 0.533. The molecule has 0 aliphatic carbocycles. The number of carbonyl (C=O) groups is 1. The van der Waals surface area contributed by atoms with Crippen LogP contribution in [0, 0.1) is 0 Å². The molecule has 0 saturated carbocycles. The van der Waals surface area contributed by atoms with Gasteiger partial charge in [-0.15, -0.1) is 0 Å². The van der Waals surface area contributed by atoms with Crippen molar-refractivity contribution in [2.45, 2.75) is 38.4 Å². The maximum absolute atomic E-state index is 12.3. The predicted octanol–water partition coefficient (Wildman–Crippen LogP) is 1.83. The number of hydrogen-bond acceptors (Lipinski definition) is 3. The van der Waals surface area contributed by atoms with Gasteiger partial charge in [-0.3, -0.25) is 4.79 Å². The number of carbonyl (C=O) groups excluding carboxylic acids is 1. The molecule has 0 bridgehead atoms. The monoisotopic (exact) mass is 263 g/mol. The molecule has 1 aliphatic rings. The largest absolute Gasteiger partial charge is 0.481 e. The highest BCUT2D eigenvalue weighted by molar-refractivity contribution is 5.82. The summed E-state index contributed by atoms with van der Waals surface area (Å²) in [4.78, 5) is 13.9. The molecule has 2 rings (SSSR count). The van der Waals surface area contributed by atoms with E-state index in [2.05, 4.69) is 0 Å². The van der Waals surface area contributed by atoms with Crippen molar-refractivity contribution in [3.8, 4) is 5.75 Å². The summed E-state index contributed by atoms with van der Waals surface area (Å²) in [6, 6.07) is 9.35. The molecule has 1 aliphatic heterocycles. The maximum atomic E-state index is 12.3. The Bertz CT molecular complexity index is 426. The van der Waals surface area contributed by atoms with Gasteiger partial charge in [-0.2, -0.15) is 0 Å². The number of nitrogens with zero attached hydrogens (tertiary/aromatic N) is 1. The maximum Gasteiger partial charge on any atom is 0.263 e. The molecule has 1 amide bonds. The number of amides is 1. The van der Waals surface area contributed by atoms with Crippen molar-refractivity contribution in [1.29, 1.82) is 0 Å². The third-order valence-corrected chi connectivity index (χ3v) is 3.61. The molecule has 104 valence electrons. The van der Waals surface area contributed by atoms with Gasteiger partial charge < -0.3 is 14.7 Å². The van der Waals surface area contributed by atoms with Crippen molar-refractivity contribution in [2.24, 2.45) is 0 Å². The lowest BCUT2D eigenvalue weighted by atomic mass is 9.91. The fourth-order valence-electron chi connectivity index (χ4n) is 2.22. The average molecular weight is 263 g/mol. The van der Waals surface area contributed by atoms with Gasteiger partial charge in [0.05, 0.1) is 18.7 Å². The van der Waals surface area contributed by atoms with Crippen LogP contribution >= 0.6 is 0 Å². The molecule has 0 radical (unpaired) electrons. The lowest BCUT2D eigenvalue weighted by molar-refractivity contribution is -0.162. The SMILES string of the molecule is CCC(Oc1ccccc1)C(=O)N1CC(O)(CC)C1. The minimum Gasteiger partial charge on any atom is -0.481 e. The van der Waals surface area contributed by atoms with Crippen LogP contribution in [0.15, 0.2) is 30.3 Å². The predicted molar refractivity (Wildman–Crippen MR) is 73.0 cm³/mol. The Morgan fingerprint density at radius 3 is 2.53 bits per heavy atom. The van der Waals surface area contributed by atoms with Crippen LogP contribution in [0.4, 0.5) is 0 Å². The van der Waals surface area contributed by atoms with E-state index in [4.69, 9.17) is 4.74 Å². The molecule has 4 heteroatoms. The van der Waals surface area contributed by atoms with E-state index < -0.39 is 11.7 Å². The van der Waals surface area contributed by atoms with Gasteiger partial charge in [0, 0.05) is 0 Å². The minimum atomic E-state index is -0.694. The number of β-amino-alcohol motifs (C(OH)–C–C–N with tert-alkyl or cyclic N) is 1. The molecule has 4 nitrogen and oxygen atoms in total. The van der Waals surface area contributed by atoms with Gasteiger partial charge in [-0.1, -0.05) is 32.0 Å². The molecule has 1 fully saturated rings. The summed E-state index contributed by atoms with van der Waals surface area (Å²) in [5, 5.41) is 9.95. The molecule has 1 N–H and O–H groups in total. The number of ether oxygens (including phenoxy) is 1. The normalized spacial score (nSPS) is 18.6. The van der Waals surface area contributed by atoms with Crippen molar-refractivity contribution in [3.05, 3.63) is 30.3 Å². The first-order valence-electron chi connectivity index (χ1n) is 6.81. The second-order valence-electron chi connectivity index (χ2n) is 5.10. The van der Waals surface area contributed by atoms with Gasteiger partial charge in [0.1, 0.15) is 5.75 Å². The first-order valence-corrected chi connectivity index (χ1v) is 6.81. The van der Waals surface area contributed by atoms with E-state index in [1.54, 1.807) is 4.90 Å². The van der Waals surface area contributed by atoms with Gasteiger partial charge in [0.25, 0.3) is 5.91 Å². The first kappa shape index (κ1) is 13.9. The third kappa shape index (κ3) is 3.07. The Morgan fingerprint density at radius 1 is 1.37 bits per heavy atom. The van der Waals surface area contributed by atoms with E-state index in [9.17, 15) is 9.90 Å². The van der Waals surface area contributed by atoms with Crippen LogP contribution in [-0.4, -0.2) is 40.7 Å². The molecule has 1 unspecified atom stereocenters. The van der Waals surface area contributed by atoms with Crippen molar-refractivity contribution < 1.29 is 14.6 Å². The van der Waals surface area contributed by atoms with Gasteiger partial charge in [-0.25, -0.2) is 0 Å². The fourth-order valence-corrected chi connectivity index (χ4v) is 2.22. The van der Waals surface area contributed by atoms with Crippen LogP contribution in [0.3, 0.4) is 0 Å². The summed E-state index contributed by atoms with van der Waals surface area (Å²) in [5.41, 5.74) is -0.694. The van der Waals surface area contributed by atoms with Crippen molar-refractivity contribution in [1.82, 2.24) is 4.90 Å². The van der Waals surface area contributed by atoms with Crippen LogP contribution in [-0.2, 0) is 4.79 Å². The second kappa shape index (κ2) is 5.61. The summed E-state index contributed by atoms with van der Waals surface area (Å²) in [5.74, 6) is 0.665. The molecular formula is C15H21NO3. The topological polar surface area (TPSA) is 49.8 Å². The molecule has 1 aromatic rings. The van der Waals surface area contributed by atoms with Crippen molar-refractivity contribution in [2.75, 3.05) is 13.1 Å². The average Bonchev–Trinajstić information content (AvgIpc) is 2.41. The van der Waals surface area contributed by atoms with Crippen LogP contribution < -0.4 is 4.74 Å². The zero-order chi connectivity index (χ0) is 13.9. The van der Waals surface area contributed by atoms with Crippen molar-refractivity contribution >= 4 is 5.91 Å². The second-order valence-corrected chi connectivity index (χ2v) is 5.10. The molecule has 1 saturated heterocycles. The summed E-state index contributed by atoms with van der Waals surface area (Å²) < 4.78 is 5.71. The summed E-state index contributed by atoms with van der Waals surface area (Å²) in [7, 11) is 0. The van der Waals surface area contributed by atoms with E-state index >= 15 is 0 Å². The lowest BCUT2D eigenvalue weighted by Crippen LogP contribution is -2.65. The Labute approximate surface area is 114 Å². The van der Waals surface area contributed by atoms with Crippen molar-refractivity contribution in [3.63, 3.8) is 0 Å². The van der Waals surface area contributed by atoms with E-state index in [1.165, 1.54) is 0 Å². The minimum absolute atomic E-state index is 0.0375. The third-order valence-electron chi connectivity index (χ3n) is 3.61. The standard InChI is InChI=1S/C15H21NO3/c1-3-13(19-12-8-6-5-7-9-12)14(17)16-10-15(18,4-2)11-16/h5-9,13,18H,3-4,10-11H2,1-2H3. The number of aliphatic hydroxyl groups is 1. The number of hydrogen-bond donors (Lipinski definition) is 1. The summed E-state index contributed by atoms with van der Waals surface area (Å²) in [6.07, 6.45) is 0.825. The van der Waals surface area contributed by atoms with E-state index in [0.29, 0.717) is 31.7 Å². The molecule has 0 aromatic heterocycles. The Hall–Kier alpha value is -1.55. The first-order chi connectivity index (χ1) is 9.08. The highest BCUT2D eigenvalue weighted by atomic mass is 16.5. The van der Waals surface area contributed by atoms with E-state index in [-0.39, 0.29) is 5.91 Å². The van der Waals surface area contributed by atoms with E-state index in [1.807, 2.05) is 44.2 Å². The number of para-hydroxylation sites is 1. The zero-order valence-corrected chi connectivity index (χ0v) is 11.5. The number of benzene rings is 1. The molecular weight excluding hydrogens is 242 g/mol. The number of rotatable bonds is 5. The smallest absolute Gasteiger partial charge is 0.263 e. The van der Waals surface area contributed by atoms with Crippen LogP contribution in [0.25, 0.3) is 0 Å². The van der Waals surface area contributed by atoms with Gasteiger partial charge in [-0.05, 0) is 25.0 Å².